The van der Waals surface area contributed by atoms with Crippen LogP contribution in [-0.4, -0.2) is 32.7 Å². The molecule has 0 radical (unpaired) electrons. The van der Waals surface area contributed by atoms with Crippen molar-refractivity contribution in [3.05, 3.63) is 39.4 Å². The quantitative estimate of drug-likeness (QED) is 0.623. The van der Waals surface area contributed by atoms with Crippen LogP contribution in [-0.2, 0) is 9.59 Å². The van der Waals surface area contributed by atoms with E-state index in [9.17, 15) is 9.59 Å². The molecule has 3 heterocycles. The predicted octanol–water partition coefficient (Wildman–Crippen LogP) is 4.15. The number of carboxylic acids is 1. The number of nitrogens with zero attached hydrogens (tertiary/aromatic N) is 1. The van der Waals surface area contributed by atoms with Crippen LogP contribution in [0.2, 0.25) is 0 Å². The molecule has 1 N–H and O–H groups in total. The Balaban J connectivity index is 1.77. The van der Waals surface area contributed by atoms with Gasteiger partial charge < -0.3 is 5.11 Å². The average Bonchev–Trinajstić information content (AvgIpc) is 3.20. The van der Waals surface area contributed by atoms with Crippen LogP contribution in [0.1, 0.15) is 11.3 Å². The van der Waals surface area contributed by atoms with Gasteiger partial charge in [-0.2, -0.15) is 0 Å². The topological polar surface area (TPSA) is 57.6 Å². The second kappa shape index (κ2) is 6.96. The number of thiophene rings is 2. The number of carboxylic acid groups (broad SMARTS) is 1. The summed E-state index contributed by atoms with van der Waals surface area (Å²) in [6.45, 7) is 0.113. The van der Waals surface area contributed by atoms with Crippen LogP contribution in [0.15, 0.2) is 34.6 Å². The lowest BCUT2D eigenvalue weighted by Crippen LogP contribution is -2.30. The average molecular weight is 382 g/mol. The smallest absolute Gasteiger partial charge is 0.305 e. The first-order valence-electron chi connectivity index (χ1n) is 6.65. The number of carbonyl (C=O) groups excluding carboxylic acids is 1. The summed E-state index contributed by atoms with van der Waals surface area (Å²) in [5, 5.41) is 10.8. The molecule has 2 aromatic rings. The van der Waals surface area contributed by atoms with Crippen molar-refractivity contribution in [2.45, 2.75) is 6.42 Å². The van der Waals surface area contributed by atoms with Crippen molar-refractivity contribution >= 4 is 68.9 Å². The molecule has 0 aliphatic carbocycles. The predicted molar refractivity (Wildman–Crippen MR) is 99.8 cm³/mol. The molecule has 1 fully saturated rings. The SMILES string of the molecule is O=C(O)CCN1C(=O)C(=Cc2ccc(-c3cccs3)s2)SC1=S. The van der Waals surface area contributed by atoms with Gasteiger partial charge >= 0.3 is 5.97 Å². The lowest BCUT2D eigenvalue weighted by molar-refractivity contribution is -0.137. The summed E-state index contributed by atoms with van der Waals surface area (Å²) >= 11 is 9.68. The molecule has 23 heavy (non-hydrogen) atoms. The second-order valence-corrected chi connectivity index (χ2v) is 8.40. The van der Waals surface area contributed by atoms with Gasteiger partial charge in [-0.05, 0) is 29.7 Å². The summed E-state index contributed by atoms with van der Waals surface area (Å²) in [6.07, 6.45) is 1.71. The molecule has 0 aromatic carbocycles. The molecule has 1 aliphatic heterocycles. The maximum absolute atomic E-state index is 12.3. The molecule has 1 amide bonds. The molecule has 3 rings (SSSR count). The van der Waals surface area contributed by atoms with E-state index in [0.717, 1.165) is 9.75 Å². The van der Waals surface area contributed by atoms with Gasteiger partial charge in [0.1, 0.15) is 4.32 Å². The van der Waals surface area contributed by atoms with Crippen molar-refractivity contribution < 1.29 is 14.7 Å². The largest absolute Gasteiger partial charge is 0.481 e. The molecule has 1 aliphatic rings. The first-order chi connectivity index (χ1) is 11.0. The van der Waals surface area contributed by atoms with Crippen molar-refractivity contribution in [2.24, 2.45) is 0 Å². The minimum atomic E-state index is -0.943. The standard InChI is InChI=1S/C15H11NO3S4/c17-13(18)5-6-16-14(19)12(23-15(16)20)8-9-3-4-11(22-9)10-2-1-7-21-10/h1-4,7-8H,5-6H2,(H,17,18). The van der Waals surface area contributed by atoms with Gasteiger partial charge in [0, 0.05) is 21.2 Å². The van der Waals surface area contributed by atoms with Crippen LogP contribution in [0, 0.1) is 0 Å². The number of hydrogen-bond acceptors (Lipinski definition) is 6. The zero-order valence-corrected chi connectivity index (χ0v) is 15.0. The van der Waals surface area contributed by atoms with E-state index in [2.05, 4.69) is 6.07 Å². The summed E-state index contributed by atoms with van der Waals surface area (Å²) in [4.78, 5) is 28.2. The Kier molecular flexibility index (Phi) is 4.96. The van der Waals surface area contributed by atoms with Gasteiger partial charge in [-0.1, -0.05) is 30.0 Å². The number of hydrogen-bond donors (Lipinski definition) is 1. The highest BCUT2D eigenvalue weighted by molar-refractivity contribution is 8.26. The Hall–Kier alpha value is -1.48. The van der Waals surface area contributed by atoms with Gasteiger partial charge in [0.25, 0.3) is 5.91 Å². The zero-order valence-electron chi connectivity index (χ0n) is 11.7. The van der Waals surface area contributed by atoms with E-state index in [1.165, 1.54) is 21.5 Å². The van der Waals surface area contributed by atoms with Gasteiger partial charge in [0.05, 0.1) is 11.3 Å². The third-order valence-corrected chi connectivity index (χ3v) is 6.56. The van der Waals surface area contributed by atoms with Crippen LogP contribution in [0.3, 0.4) is 0 Å². The fourth-order valence-electron chi connectivity index (χ4n) is 2.01. The van der Waals surface area contributed by atoms with E-state index >= 15 is 0 Å². The van der Waals surface area contributed by atoms with E-state index in [0.29, 0.717) is 9.23 Å². The Morgan fingerprint density at radius 2 is 2.13 bits per heavy atom. The van der Waals surface area contributed by atoms with Crippen molar-refractivity contribution in [3.8, 4) is 9.75 Å². The first-order valence-corrected chi connectivity index (χ1v) is 9.57. The number of carbonyl (C=O) groups is 2. The van der Waals surface area contributed by atoms with Crippen molar-refractivity contribution in [3.63, 3.8) is 0 Å². The van der Waals surface area contributed by atoms with E-state index in [1.807, 2.05) is 29.7 Å². The summed E-state index contributed by atoms with van der Waals surface area (Å²) in [6, 6.07) is 8.08. The highest BCUT2D eigenvalue weighted by Gasteiger charge is 2.32. The summed E-state index contributed by atoms with van der Waals surface area (Å²) < 4.78 is 0.414. The Bertz CT molecular complexity index is 792. The van der Waals surface area contributed by atoms with Crippen LogP contribution >= 0.6 is 46.7 Å². The molecule has 0 spiro atoms. The fourth-order valence-corrected chi connectivity index (χ4v) is 5.17. The van der Waals surface area contributed by atoms with Gasteiger partial charge in [-0.3, -0.25) is 14.5 Å². The lowest BCUT2D eigenvalue weighted by Gasteiger charge is -2.12. The van der Waals surface area contributed by atoms with E-state index < -0.39 is 5.97 Å². The third kappa shape index (κ3) is 3.72. The summed E-state index contributed by atoms with van der Waals surface area (Å²) in [5.74, 6) is -1.16. The summed E-state index contributed by atoms with van der Waals surface area (Å²) in [7, 11) is 0. The number of thiocarbonyl (C=S) groups is 1. The molecule has 8 heteroatoms. The minimum Gasteiger partial charge on any atom is -0.481 e. The molecule has 118 valence electrons. The first kappa shape index (κ1) is 16.4. The maximum Gasteiger partial charge on any atom is 0.305 e. The molecule has 0 unspecified atom stereocenters. The Labute approximate surface area is 150 Å². The second-order valence-electron chi connectivity index (χ2n) is 4.66. The Morgan fingerprint density at radius 3 is 2.83 bits per heavy atom. The van der Waals surface area contributed by atoms with Crippen molar-refractivity contribution in [1.29, 1.82) is 0 Å². The third-order valence-electron chi connectivity index (χ3n) is 3.09. The molecule has 2 aromatic heterocycles. The van der Waals surface area contributed by atoms with E-state index in [-0.39, 0.29) is 18.9 Å². The fraction of sp³-hybridized carbons (Fsp3) is 0.133. The van der Waals surface area contributed by atoms with Gasteiger partial charge in [-0.25, -0.2) is 0 Å². The van der Waals surface area contributed by atoms with Crippen LogP contribution < -0.4 is 0 Å². The zero-order chi connectivity index (χ0) is 16.4. The van der Waals surface area contributed by atoms with Gasteiger partial charge in [0.2, 0.25) is 0 Å². The molecule has 4 nitrogen and oxygen atoms in total. The summed E-state index contributed by atoms with van der Waals surface area (Å²) in [5.41, 5.74) is 0. The molecule has 0 saturated carbocycles. The number of rotatable bonds is 5. The number of aliphatic carboxylic acids is 1. The highest BCUT2D eigenvalue weighted by atomic mass is 32.2. The van der Waals surface area contributed by atoms with Crippen molar-refractivity contribution in [1.82, 2.24) is 4.90 Å². The van der Waals surface area contributed by atoms with Gasteiger partial charge in [0.15, 0.2) is 0 Å². The number of thioether (sulfide) groups is 1. The van der Waals surface area contributed by atoms with E-state index in [1.54, 1.807) is 22.7 Å². The number of amides is 1. The molecular formula is C15H11NO3S4. The molecular weight excluding hydrogens is 370 g/mol. The molecule has 0 atom stereocenters. The molecule has 1 saturated heterocycles. The van der Waals surface area contributed by atoms with Crippen molar-refractivity contribution in [2.75, 3.05) is 6.54 Å². The maximum atomic E-state index is 12.3. The minimum absolute atomic E-state index is 0.110. The molecule has 0 bridgehead atoms. The van der Waals surface area contributed by atoms with Crippen LogP contribution in [0.4, 0.5) is 0 Å². The van der Waals surface area contributed by atoms with Gasteiger partial charge in [-0.15, -0.1) is 22.7 Å². The van der Waals surface area contributed by atoms with Crippen LogP contribution in [0.5, 0.6) is 0 Å². The van der Waals surface area contributed by atoms with E-state index in [4.69, 9.17) is 17.3 Å². The van der Waals surface area contributed by atoms with Crippen LogP contribution in [0.25, 0.3) is 15.8 Å². The lowest BCUT2D eigenvalue weighted by atomic mass is 10.3. The normalized spacial score (nSPS) is 16.5. The highest BCUT2D eigenvalue weighted by Crippen LogP contribution is 2.36. The Morgan fingerprint density at radius 1 is 1.30 bits per heavy atom. The monoisotopic (exact) mass is 381 g/mol.